The van der Waals surface area contributed by atoms with Gasteiger partial charge in [-0.25, -0.2) is 0 Å². The van der Waals surface area contributed by atoms with E-state index >= 15 is 0 Å². The molecule has 12 atom stereocenters. The summed E-state index contributed by atoms with van der Waals surface area (Å²) in [6.07, 6.45) is 62.8. The Labute approximate surface area is 565 Å². The highest BCUT2D eigenvalue weighted by Crippen LogP contribution is 2.30. The van der Waals surface area contributed by atoms with Gasteiger partial charge in [0.05, 0.1) is 32.0 Å². The number of unbranched alkanes of at least 4 members (excludes halogenated alkanes) is 53. The molecule has 0 aliphatic carbocycles. The molecule has 546 valence electrons. The van der Waals surface area contributed by atoms with Crippen molar-refractivity contribution in [3.63, 3.8) is 0 Å². The van der Waals surface area contributed by atoms with E-state index in [1.54, 1.807) is 0 Å². The molecule has 0 aromatic rings. The maximum absolute atomic E-state index is 13.4. The Morgan fingerprint density at radius 1 is 0.380 bits per heavy atom. The zero-order valence-electron chi connectivity index (χ0n) is 59.8. The third-order valence-corrected chi connectivity index (χ3v) is 20.0. The van der Waals surface area contributed by atoms with Crippen molar-refractivity contribution in [3.8, 4) is 0 Å². The monoisotopic (exact) mass is 1310 g/mol. The Hall–Kier alpha value is -1.27. The van der Waals surface area contributed by atoms with Crippen molar-refractivity contribution in [2.24, 2.45) is 0 Å². The first-order chi connectivity index (χ1) is 45.1. The van der Waals surface area contributed by atoms with Crippen LogP contribution < -0.4 is 5.32 Å². The summed E-state index contributed by atoms with van der Waals surface area (Å²) in [6, 6.07) is -0.825. The van der Waals surface area contributed by atoms with Crippen LogP contribution in [0.2, 0.25) is 0 Å². The number of carbonyl (C=O) groups excluding carboxylic acids is 1. The molecule has 0 radical (unpaired) electrons. The highest BCUT2D eigenvalue weighted by Gasteiger charge is 2.51. The summed E-state index contributed by atoms with van der Waals surface area (Å²) in [4.78, 5) is 13.4. The maximum atomic E-state index is 13.4. The number of allylic oxidation sites excluding steroid dienone is 2. The average Bonchev–Trinajstić information content (AvgIpc) is 0.856. The van der Waals surface area contributed by atoms with Gasteiger partial charge in [0, 0.05) is 6.42 Å². The van der Waals surface area contributed by atoms with Gasteiger partial charge in [-0.15, -0.1) is 0 Å². The van der Waals surface area contributed by atoms with Crippen LogP contribution in [0.3, 0.4) is 0 Å². The zero-order chi connectivity index (χ0) is 66.6. The predicted octanol–water partition coefficient (Wildman–Crippen LogP) is 17.7. The Morgan fingerprint density at radius 3 is 1.03 bits per heavy atom. The van der Waals surface area contributed by atoms with Gasteiger partial charge in [0.1, 0.15) is 48.8 Å². The molecule has 2 fully saturated rings. The molecule has 2 heterocycles. The van der Waals surface area contributed by atoms with Crippen LogP contribution in [0.4, 0.5) is 0 Å². The van der Waals surface area contributed by atoms with Gasteiger partial charge in [0.25, 0.3) is 0 Å². The highest BCUT2D eigenvalue weighted by molar-refractivity contribution is 5.76. The lowest BCUT2D eigenvalue weighted by Crippen LogP contribution is -2.65. The summed E-state index contributed by atoms with van der Waals surface area (Å²) in [7, 11) is 0. The van der Waals surface area contributed by atoms with Crippen LogP contribution in [0.25, 0.3) is 0 Å². The molecule has 12 unspecified atom stereocenters. The summed E-state index contributed by atoms with van der Waals surface area (Å²) in [5.41, 5.74) is 0. The molecule has 0 spiro atoms. The van der Waals surface area contributed by atoms with E-state index in [0.29, 0.717) is 12.8 Å². The number of amides is 1. The van der Waals surface area contributed by atoms with E-state index < -0.39 is 86.8 Å². The first kappa shape index (κ1) is 86.8. The fourth-order valence-electron chi connectivity index (χ4n) is 13.7. The van der Waals surface area contributed by atoms with E-state index in [2.05, 4.69) is 31.3 Å². The van der Waals surface area contributed by atoms with Crippen molar-refractivity contribution in [2.75, 3.05) is 19.8 Å². The first-order valence-electron chi connectivity index (χ1n) is 39.9. The summed E-state index contributed by atoms with van der Waals surface area (Å²) in [5.74, 6) is -0.197. The largest absolute Gasteiger partial charge is 0.394 e. The van der Waals surface area contributed by atoms with E-state index in [9.17, 15) is 45.6 Å². The lowest BCUT2D eigenvalue weighted by atomic mass is 9.97. The molecule has 0 aromatic carbocycles. The molecule has 14 nitrogen and oxygen atoms in total. The molecule has 0 bridgehead atoms. The number of ether oxygens (including phenoxy) is 4. The highest BCUT2D eigenvalue weighted by atomic mass is 16.7. The van der Waals surface area contributed by atoms with Crippen LogP contribution in [-0.4, -0.2) is 140 Å². The minimum atomic E-state index is -1.78. The van der Waals surface area contributed by atoms with Gasteiger partial charge >= 0.3 is 0 Å². The van der Waals surface area contributed by atoms with Gasteiger partial charge in [-0.05, 0) is 38.5 Å². The molecule has 0 aromatic heterocycles. The minimum absolute atomic E-state index is 0.197. The first-order valence-corrected chi connectivity index (χ1v) is 39.9. The lowest BCUT2D eigenvalue weighted by Gasteiger charge is -2.46. The Balaban J connectivity index is 1.52. The molecule has 14 heteroatoms. The average molecular weight is 1310 g/mol. The molecule has 2 aliphatic rings. The molecule has 1 amide bonds. The quantitative estimate of drug-likeness (QED) is 0.0204. The van der Waals surface area contributed by atoms with Crippen LogP contribution in [-0.2, 0) is 23.7 Å². The van der Waals surface area contributed by atoms with Crippen LogP contribution in [0, 0.1) is 0 Å². The molecule has 2 rings (SSSR count). The van der Waals surface area contributed by atoms with E-state index in [1.165, 1.54) is 308 Å². The number of aliphatic hydroxyl groups is 8. The van der Waals surface area contributed by atoms with Gasteiger partial charge < -0.3 is 65.1 Å². The van der Waals surface area contributed by atoms with Crippen LogP contribution in [0.5, 0.6) is 0 Å². The second-order valence-electron chi connectivity index (χ2n) is 28.6. The molecular weight excluding hydrogens is 1160 g/mol. The van der Waals surface area contributed by atoms with Crippen LogP contribution in [0.1, 0.15) is 386 Å². The molecule has 9 N–H and O–H groups in total. The SMILES string of the molecule is CCCCCCCCCC/C=C\CCCCCCCCCCCCCCCCCCCCCCCCCCCCCCCC(=O)NC(COC1OC(CO)C(OC2OC(CO)C(O)C(O)C2O)C(O)C1O)C(O)CCCCCCCCCCCCCCCCCCC. The molecular formula is C78H151NO13. The molecule has 2 aliphatic heterocycles. The number of hydrogen-bond acceptors (Lipinski definition) is 13. The van der Waals surface area contributed by atoms with Crippen LogP contribution in [0.15, 0.2) is 12.2 Å². The van der Waals surface area contributed by atoms with E-state index in [-0.39, 0.29) is 12.5 Å². The predicted molar refractivity (Wildman–Crippen MR) is 379 cm³/mol. The number of hydrogen-bond donors (Lipinski definition) is 9. The smallest absolute Gasteiger partial charge is 0.220 e. The second-order valence-corrected chi connectivity index (χ2v) is 28.6. The number of rotatable bonds is 68. The maximum Gasteiger partial charge on any atom is 0.220 e. The summed E-state index contributed by atoms with van der Waals surface area (Å²) < 4.78 is 22.9. The van der Waals surface area contributed by atoms with Gasteiger partial charge in [0.2, 0.25) is 5.91 Å². The van der Waals surface area contributed by atoms with E-state index in [0.717, 1.165) is 51.4 Å². The van der Waals surface area contributed by atoms with Crippen molar-refractivity contribution in [1.29, 1.82) is 0 Å². The van der Waals surface area contributed by atoms with E-state index in [4.69, 9.17) is 18.9 Å². The summed E-state index contributed by atoms with van der Waals surface area (Å²) in [5, 5.41) is 87.7. The standard InChI is InChI=1S/C78H151NO13/c1-3-5-7-9-11-13-15-17-19-21-22-23-24-25-26-27-28-29-30-31-32-33-34-35-36-37-38-39-40-41-42-43-44-46-48-50-52-54-56-58-60-62-70(83)79-66(67(82)61-59-57-55-53-51-49-47-45-20-18-16-14-12-10-8-6-4-2)65-89-77-75(88)73(86)76(69(64-81)91-77)92-78-74(87)72(85)71(84)68(63-80)90-78/h21-22,66-69,71-78,80-82,84-88H,3-20,23-65H2,1-2H3,(H,79,83)/b22-21-. The number of aliphatic hydroxyl groups excluding tert-OH is 8. The third-order valence-electron chi connectivity index (χ3n) is 20.0. The van der Waals surface area contributed by atoms with Gasteiger partial charge in [0.15, 0.2) is 12.6 Å². The molecule has 92 heavy (non-hydrogen) atoms. The number of carbonyl (C=O) groups is 1. The van der Waals surface area contributed by atoms with E-state index in [1.807, 2.05) is 0 Å². The zero-order valence-corrected chi connectivity index (χ0v) is 59.8. The van der Waals surface area contributed by atoms with Crippen molar-refractivity contribution in [3.05, 3.63) is 12.2 Å². The van der Waals surface area contributed by atoms with Crippen molar-refractivity contribution < 1.29 is 64.6 Å². The molecule has 0 saturated carbocycles. The van der Waals surface area contributed by atoms with Gasteiger partial charge in [-0.3, -0.25) is 4.79 Å². The van der Waals surface area contributed by atoms with Crippen molar-refractivity contribution in [2.45, 2.75) is 460 Å². The Kier molecular flexibility index (Phi) is 59.6. The van der Waals surface area contributed by atoms with Gasteiger partial charge in [-0.1, -0.05) is 353 Å². The van der Waals surface area contributed by atoms with Crippen LogP contribution >= 0.6 is 0 Å². The van der Waals surface area contributed by atoms with Gasteiger partial charge in [-0.2, -0.15) is 0 Å². The fourth-order valence-corrected chi connectivity index (χ4v) is 13.7. The third kappa shape index (κ3) is 46.1. The second kappa shape index (κ2) is 63.2. The fraction of sp³-hybridized carbons (Fsp3) is 0.962. The Morgan fingerprint density at radius 2 is 0.685 bits per heavy atom. The summed E-state index contributed by atoms with van der Waals surface area (Å²) >= 11 is 0. The van der Waals surface area contributed by atoms with Crippen molar-refractivity contribution >= 4 is 5.91 Å². The normalized spacial score (nSPS) is 22.6. The lowest BCUT2D eigenvalue weighted by molar-refractivity contribution is -0.359. The molecule has 2 saturated heterocycles. The summed E-state index contributed by atoms with van der Waals surface area (Å²) in [6.45, 7) is 2.92. The van der Waals surface area contributed by atoms with Crippen molar-refractivity contribution in [1.82, 2.24) is 5.32 Å². The topological polar surface area (TPSA) is 228 Å². The number of nitrogens with one attached hydrogen (secondary N) is 1. The minimum Gasteiger partial charge on any atom is -0.394 e. The Bertz CT molecular complexity index is 1590.